The number of aromatic nitrogens is 2. The Morgan fingerprint density at radius 3 is 2.55 bits per heavy atom. The molecule has 2 bridgehead atoms. The summed E-state index contributed by atoms with van der Waals surface area (Å²) in [5, 5.41) is 4.61. The number of nitrogens with one attached hydrogen (secondary N) is 1. The number of anilines is 1. The van der Waals surface area contributed by atoms with Crippen LogP contribution < -0.4 is 15.0 Å². The molecule has 2 aliphatic heterocycles. The minimum atomic E-state index is -0.435. The molecular weight excluding hydrogens is 415 g/mol. The van der Waals surface area contributed by atoms with Crippen molar-refractivity contribution in [2.24, 2.45) is 0 Å². The van der Waals surface area contributed by atoms with Crippen LogP contribution in [0.25, 0.3) is 22.0 Å². The van der Waals surface area contributed by atoms with Gasteiger partial charge in [-0.05, 0) is 36.0 Å². The Kier molecular flexibility index (Phi) is 5.22. The van der Waals surface area contributed by atoms with Crippen molar-refractivity contribution in [2.75, 3.05) is 25.1 Å². The Morgan fingerprint density at radius 2 is 1.87 bits per heavy atom. The standard InChI is InChI=1S/C24H26ClFN4O/c1-13(2)16-6-4-5-7-17(16)20-19(25)10-18-22(21(20)26)28-24(31-3)29-23(18)30-11-14-8-9-15(12-30)27-14/h4-7,10,13-15,27H,8-9,11-12H2,1-3H3. The highest BCUT2D eigenvalue weighted by molar-refractivity contribution is 6.34. The van der Waals surface area contributed by atoms with Gasteiger partial charge < -0.3 is 15.0 Å². The van der Waals surface area contributed by atoms with E-state index in [9.17, 15) is 0 Å². The quantitative estimate of drug-likeness (QED) is 0.607. The molecule has 3 aromatic rings. The van der Waals surface area contributed by atoms with Crippen LogP contribution in [0.3, 0.4) is 0 Å². The molecule has 2 fully saturated rings. The first kappa shape index (κ1) is 20.5. The van der Waals surface area contributed by atoms with Gasteiger partial charge in [-0.25, -0.2) is 4.39 Å². The Bertz CT molecular complexity index is 1140. The summed E-state index contributed by atoms with van der Waals surface area (Å²) in [4.78, 5) is 11.2. The van der Waals surface area contributed by atoms with Crippen LogP contribution in [0.5, 0.6) is 6.01 Å². The largest absolute Gasteiger partial charge is 0.467 e. The maximum absolute atomic E-state index is 16.0. The van der Waals surface area contributed by atoms with Crippen LogP contribution in [0.2, 0.25) is 5.02 Å². The van der Waals surface area contributed by atoms with E-state index in [0.717, 1.165) is 37.1 Å². The molecule has 0 aliphatic carbocycles. The summed E-state index contributed by atoms with van der Waals surface area (Å²) in [5.74, 6) is 0.481. The summed E-state index contributed by atoms with van der Waals surface area (Å²) in [7, 11) is 1.51. The van der Waals surface area contributed by atoms with E-state index in [2.05, 4.69) is 34.0 Å². The van der Waals surface area contributed by atoms with Crippen LogP contribution in [0, 0.1) is 5.82 Å². The van der Waals surface area contributed by atoms with Gasteiger partial charge >= 0.3 is 6.01 Å². The van der Waals surface area contributed by atoms with Crippen LogP contribution in [0.15, 0.2) is 30.3 Å². The van der Waals surface area contributed by atoms with Gasteiger partial charge in [0.15, 0.2) is 5.82 Å². The van der Waals surface area contributed by atoms with Crippen LogP contribution in [0.4, 0.5) is 10.2 Å². The molecule has 2 atom stereocenters. The van der Waals surface area contributed by atoms with Gasteiger partial charge in [-0.15, -0.1) is 0 Å². The molecule has 2 aliphatic rings. The average Bonchev–Trinajstić information content (AvgIpc) is 3.11. The van der Waals surface area contributed by atoms with E-state index in [-0.39, 0.29) is 17.4 Å². The highest BCUT2D eigenvalue weighted by atomic mass is 35.5. The van der Waals surface area contributed by atoms with Crippen molar-refractivity contribution in [2.45, 2.75) is 44.7 Å². The van der Waals surface area contributed by atoms with Crippen LogP contribution in [-0.4, -0.2) is 42.3 Å². The molecule has 31 heavy (non-hydrogen) atoms. The van der Waals surface area contributed by atoms with Crippen molar-refractivity contribution >= 4 is 28.3 Å². The first-order valence-electron chi connectivity index (χ1n) is 10.8. The SMILES string of the molecule is COc1nc(N2CC3CCC(C2)N3)c2cc(Cl)c(-c3ccccc3C(C)C)c(F)c2n1. The zero-order valence-electron chi connectivity index (χ0n) is 18.0. The molecule has 0 radical (unpaired) electrons. The fourth-order valence-corrected chi connectivity index (χ4v) is 5.23. The van der Waals surface area contributed by atoms with Gasteiger partial charge in [-0.3, -0.25) is 0 Å². The van der Waals surface area contributed by atoms with Crippen LogP contribution in [-0.2, 0) is 0 Å². The van der Waals surface area contributed by atoms with Crippen LogP contribution in [0.1, 0.15) is 38.2 Å². The number of ether oxygens (including phenoxy) is 1. The zero-order valence-corrected chi connectivity index (χ0v) is 18.7. The summed E-state index contributed by atoms with van der Waals surface area (Å²) >= 11 is 6.72. The fourth-order valence-electron chi connectivity index (χ4n) is 4.94. The molecule has 0 saturated carbocycles. The number of methoxy groups -OCH3 is 1. The molecule has 0 spiro atoms. The minimum Gasteiger partial charge on any atom is -0.467 e. The maximum atomic E-state index is 16.0. The lowest BCUT2D eigenvalue weighted by atomic mass is 9.91. The van der Waals surface area contributed by atoms with E-state index < -0.39 is 5.82 Å². The monoisotopic (exact) mass is 440 g/mol. The van der Waals surface area contributed by atoms with Crippen molar-refractivity contribution in [3.05, 3.63) is 46.7 Å². The van der Waals surface area contributed by atoms with Crippen molar-refractivity contribution in [3.8, 4) is 17.1 Å². The molecule has 1 aromatic heterocycles. The lowest BCUT2D eigenvalue weighted by molar-refractivity contribution is 0.380. The predicted molar refractivity (Wildman–Crippen MR) is 123 cm³/mol. The third-order valence-corrected chi connectivity index (χ3v) is 6.69. The summed E-state index contributed by atoms with van der Waals surface area (Å²) in [6, 6.07) is 10.6. The Morgan fingerprint density at radius 1 is 1.16 bits per heavy atom. The number of hydrogen-bond donors (Lipinski definition) is 1. The minimum absolute atomic E-state index is 0.165. The number of nitrogens with zero attached hydrogens (tertiary/aromatic N) is 3. The highest BCUT2D eigenvalue weighted by Crippen LogP contribution is 2.41. The molecule has 2 aromatic carbocycles. The molecule has 1 N–H and O–H groups in total. The molecule has 0 amide bonds. The summed E-state index contributed by atoms with van der Waals surface area (Å²) in [6.07, 6.45) is 2.29. The molecule has 2 unspecified atom stereocenters. The third kappa shape index (κ3) is 3.52. The average molecular weight is 441 g/mol. The topological polar surface area (TPSA) is 50.3 Å². The number of benzene rings is 2. The number of halogens is 2. The molecule has 162 valence electrons. The molecular formula is C24H26ClFN4O. The van der Waals surface area contributed by atoms with Crippen LogP contribution >= 0.6 is 11.6 Å². The van der Waals surface area contributed by atoms with E-state index in [1.165, 1.54) is 7.11 Å². The summed E-state index contributed by atoms with van der Waals surface area (Å²) in [6.45, 7) is 5.83. The predicted octanol–water partition coefficient (Wildman–Crippen LogP) is 5.16. The summed E-state index contributed by atoms with van der Waals surface area (Å²) < 4.78 is 21.4. The van der Waals surface area contributed by atoms with Crippen molar-refractivity contribution < 1.29 is 9.13 Å². The molecule has 2 saturated heterocycles. The lowest BCUT2D eigenvalue weighted by Crippen LogP contribution is -2.51. The Hall–Kier alpha value is -2.44. The van der Waals surface area contributed by atoms with E-state index >= 15 is 4.39 Å². The second-order valence-corrected chi connectivity index (χ2v) is 9.17. The molecule has 7 heteroatoms. The highest BCUT2D eigenvalue weighted by Gasteiger charge is 2.34. The van der Waals surface area contributed by atoms with Gasteiger partial charge in [0.05, 0.1) is 12.1 Å². The number of fused-ring (bicyclic) bond motifs is 3. The second-order valence-electron chi connectivity index (χ2n) is 8.76. The van der Waals surface area contributed by atoms with E-state index in [0.29, 0.717) is 33.9 Å². The number of rotatable bonds is 4. The Balaban J connectivity index is 1.72. The van der Waals surface area contributed by atoms with Gasteiger partial charge in [0.1, 0.15) is 11.3 Å². The van der Waals surface area contributed by atoms with E-state index in [1.54, 1.807) is 0 Å². The maximum Gasteiger partial charge on any atom is 0.318 e. The normalized spacial score (nSPS) is 20.6. The second kappa shape index (κ2) is 7.92. The Labute approximate surface area is 186 Å². The van der Waals surface area contributed by atoms with Gasteiger partial charge in [0.25, 0.3) is 0 Å². The van der Waals surface area contributed by atoms with Gasteiger partial charge in [-0.1, -0.05) is 49.7 Å². The van der Waals surface area contributed by atoms with Gasteiger partial charge in [0, 0.05) is 36.1 Å². The van der Waals surface area contributed by atoms with E-state index in [4.69, 9.17) is 16.3 Å². The van der Waals surface area contributed by atoms with Gasteiger partial charge in [-0.2, -0.15) is 9.97 Å². The smallest absolute Gasteiger partial charge is 0.318 e. The first-order chi connectivity index (χ1) is 15.0. The first-order valence-corrected chi connectivity index (χ1v) is 11.2. The van der Waals surface area contributed by atoms with E-state index in [1.807, 2.05) is 30.3 Å². The summed E-state index contributed by atoms with van der Waals surface area (Å²) in [5.41, 5.74) is 2.46. The molecule has 3 heterocycles. The lowest BCUT2D eigenvalue weighted by Gasteiger charge is -2.34. The van der Waals surface area contributed by atoms with Gasteiger partial charge in [0.2, 0.25) is 0 Å². The fraction of sp³-hybridized carbons (Fsp3) is 0.417. The zero-order chi connectivity index (χ0) is 21.7. The van der Waals surface area contributed by atoms with Crippen molar-refractivity contribution in [1.29, 1.82) is 0 Å². The number of hydrogen-bond acceptors (Lipinski definition) is 5. The third-order valence-electron chi connectivity index (χ3n) is 6.39. The van der Waals surface area contributed by atoms with Crippen molar-refractivity contribution in [3.63, 3.8) is 0 Å². The number of piperazine rings is 1. The molecule has 5 nitrogen and oxygen atoms in total. The molecule has 5 rings (SSSR count). The van der Waals surface area contributed by atoms with Crippen molar-refractivity contribution in [1.82, 2.24) is 15.3 Å².